The first-order valence-corrected chi connectivity index (χ1v) is 12.7. The van der Waals surface area contributed by atoms with Crippen LogP contribution >= 0.6 is 23.2 Å². The Morgan fingerprint density at radius 3 is 2.55 bits per heavy atom. The summed E-state index contributed by atoms with van der Waals surface area (Å²) in [5.74, 6) is -3.11. The summed E-state index contributed by atoms with van der Waals surface area (Å²) in [6.45, 7) is 5.15. The van der Waals surface area contributed by atoms with E-state index in [2.05, 4.69) is 6.07 Å². The Balaban J connectivity index is 2.23. The van der Waals surface area contributed by atoms with Crippen LogP contribution < -0.4 is 5.73 Å². The third-order valence-corrected chi connectivity index (χ3v) is 7.10. The lowest BCUT2D eigenvalue weighted by atomic mass is 9.63. The second-order valence-corrected chi connectivity index (χ2v) is 11.5. The fourth-order valence-corrected chi connectivity index (χ4v) is 5.53. The van der Waals surface area contributed by atoms with Gasteiger partial charge in [-0.25, -0.2) is 13.6 Å². The number of nitrogens with zero attached hydrogens (tertiary/aromatic N) is 2. The van der Waals surface area contributed by atoms with Gasteiger partial charge in [0, 0.05) is 28.6 Å². The number of hydrogen-bond donors (Lipinski definition) is 2. The highest BCUT2D eigenvalue weighted by Gasteiger charge is 2.60. The fraction of sp³-hybridized carbons (Fsp3) is 0.444. The number of ether oxygens (including phenoxy) is 1. The number of rotatable bonds is 7. The van der Waals surface area contributed by atoms with Gasteiger partial charge in [0.2, 0.25) is 5.91 Å². The van der Waals surface area contributed by atoms with Crippen LogP contribution in [0.5, 0.6) is 0 Å². The molecule has 204 valence electrons. The second-order valence-electron chi connectivity index (χ2n) is 10.7. The maximum absolute atomic E-state index is 15.5. The Labute approximate surface area is 230 Å². The van der Waals surface area contributed by atoms with Crippen molar-refractivity contribution in [1.29, 1.82) is 5.26 Å². The summed E-state index contributed by atoms with van der Waals surface area (Å²) in [6, 6.07) is 8.94. The van der Waals surface area contributed by atoms with Crippen LogP contribution in [0.15, 0.2) is 36.4 Å². The van der Waals surface area contributed by atoms with Crippen LogP contribution in [0, 0.1) is 34.3 Å². The number of aliphatic hydroxyl groups excluding tert-OH is 1. The Morgan fingerprint density at radius 1 is 1.29 bits per heavy atom. The molecular weight excluding hydrogens is 539 g/mol. The standard InChI is InChI=1S/C27H29Cl2F2N3O4/c1-26(2,3)11-15-12-34(25(37)38-13-17(35)10-22(33)36)24(18-5-4-6-20(29)23(18)31)27(15,14-32)19-8-7-16(28)9-21(19)30/h4-9,15,17,24,35H,10-13H2,1-3H3,(H2,33,36)/t15-,17+,24-,27-/m1/s1. The fourth-order valence-electron chi connectivity index (χ4n) is 5.19. The van der Waals surface area contributed by atoms with Gasteiger partial charge in [0.1, 0.15) is 23.7 Å². The molecule has 1 heterocycles. The van der Waals surface area contributed by atoms with E-state index in [4.69, 9.17) is 33.7 Å². The number of hydrogen-bond acceptors (Lipinski definition) is 5. The largest absolute Gasteiger partial charge is 0.447 e. The molecule has 4 atom stereocenters. The monoisotopic (exact) mass is 567 g/mol. The summed E-state index contributed by atoms with van der Waals surface area (Å²) >= 11 is 12.1. The molecule has 2 aromatic rings. The lowest BCUT2D eigenvalue weighted by Crippen LogP contribution is -2.41. The van der Waals surface area contributed by atoms with E-state index in [1.165, 1.54) is 30.3 Å². The van der Waals surface area contributed by atoms with Crippen LogP contribution in [0.1, 0.15) is 50.8 Å². The van der Waals surface area contributed by atoms with Crippen LogP contribution in [0.3, 0.4) is 0 Å². The summed E-state index contributed by atoms with van der Waals surface area (Å²) in [4.78, 5) is 25.7. The van der Waals surface area contributed by atoms with Crippen molar-refractivity contribution >= 4 is 35.2 Å². The minimum atomic E-state index is -1.77. The average molecular weight is 568 g/mol. The van der Waals surface area contributed by atoms with Gasteiger partial charge in [-0.1, -0.05) is 62.2 Å². The number of nitrogens with two attached hydrogens (primary N) is 1. The number of carbonyl (C=O) groups excluding carboxylic acids is 2. The molecule has 1 fully saturated rings. The van der Waals surface area contributed by atoms with Crippen molar-refractivity contribution in [3.05, 3.63) is 69.2 Å². The van der Waals surface area contributed by atoms with Gasteiger partial charge in [-0.2, -0.15) is 5.26 Å². The maximum atomic E-state index is 15.5. The molecule has 0 radical (unpaired) electrons. The van der Waals surface area contributed by atoms with E-state index in [-0.39, 0.29) is 33.1 Å². The van der Waals surface area contributed by atoms with Crippen molar-refractivity contribution in [1.82, 2.24) is 4.90 Å². The van der Waals surface area contributed by atoms with Crippen molar-refractivity contribution in [3.8, 4) is 6.07 Å². The molecule has 2 amide bonds. The lowest BCUT2D eigenvalue weighted by Gasteiger charge is -2.37. The van der Waals surface area contributed by atoms with E-state index in [0.717, 1.165) is 11.0 Å². The number of amides is 2. The summed E-state index contributed by atoms with van der Waals surface area (Å²) in [5.41, 5.74) is 2.80. The van der Waals surface area contributed by atoms with Crippen LogP contribution in [-0.2, 0) is 14.9 Å². The van der Waals surface area contributed by atoms with Crippen LogP contribution in [0.4, 0.5) is 13.6 Å². The van der Waals surface area contributed by atoms with E-state index in [1.807, 2.05) is 20.8 Å². The minimum Gasteiger partial charge on any atom is -0.447 e. The molecule has 0 aromatic heterocycles. The predicted molar refractivity (Wildman–Crippen MR) is 138 cm³/mol. The topological polar surface area (TPSA) is 117 Å². The van der Waals surface area contributed by atoms with Gasteiger partial charge in [0.25, 0.3) is 0 Å². The zero-order valence-electron chi connectivity index (χ0n) is 21.2. The molecule has 0 aliphatic carbocycles. The summed E-state index contributed by atoms with van der Waals surface area (Å²) < 4.78 is 36.4. The lowest BCUT2D eigenvalue weighted by molar-refractivity contribution is -0.120. The highest BCUT2D eigenvalue weighted by molar-refractivity contribution is 6.31. The SMILES string of the molecule is CC(C)(C)C[C@@H]1CN(C(=O)OC[C@@H](O)CC(N)=O)[C@H](c2cccc(Cl)c2F)[C@@]1(C#N)c1ccc(Cl)cc1F. The Hall–Kier alpha value is -2.93. The number of nitriles is 1. The zero-order valence-corrected chi connectivity index (χ0v) is 22.7. The number of aliphatic hydroxyl groups is 1. The average Bonchev–Trinajstić information content (AvgIpc) is 3.11. The quantitative estimate of drug-likeness (QED) is 0.457. The van der Waals surface area contributed by atoms with Gasteiger partial charge in [0.05, 0.1) is 29.7 Å². The zero-order chi connectivity index (χ0) is 28.4. The molecule has 0 unspecified atom stereocenters. The normalized spacial score (nSPS) is 22.1. The van der Waals surface area contributed by atoms with E-state index in [0.29, 0.717) is 6.42 Å². The molecule has 2 aromatic carbocycles. The minimum absolute atomic E-state index is 0.0490. The summed E-state index contributed by atoms with van der Waals surface area (Å²) in [5, 5.41) is 20.6. The predicted octanol–water partition coefficient (Wildman–Crippen LogP) is 5.52. The van der Waals surface area contributed by atoms with Gasteiger partial charge in [-0.3, -0.25) is 9.69 Å². The Bertz CT molecular complexity index is 1260. The third kappa shape index (κ3) is 6.04. The number of benzene rings is 2. The smallest absolute Gasteiger partial charge is 0.410 e. The van der Waals surface area contributed by atoms with Crippen LogP contribution in [-0.4, -0.2) is 41.3 Å². The van der Waals surface area contributed by atoms with Gasteiger partial charge < -0.3 is 15.6 Å². The van der Waals surface area contributed by atoms with E-state index >= 15 is 8.78 Å². The van der Waals surface area contributed by atoms with Crippen LogP contribution in [0.25, 0.3) is 0 Å². The van der Waals surface area contributed by atoms with Crippen molar-refractivity contribution in [2.24, 2.45) is 17.1 Å². The first kappa shape index (κ1) is 29.6. The van der Waals surface area contributed by atoms with E-state index in [1.54, 1.807) is 0 Å². The number of primary amides is 1. The van der Waals surface area contributed by atoms with Gasteiger partial charge >= 0.3 is 6.09 Å². The van der Waals surface area contributed by atoms with E-state index in [9.17, 15) is 20.0 Å². The molecule has 1 aliphatic heterocycles. The highest BCUT2D eigenvalue weighted by Crippen LogP contribution is 2.56. The molecule has 38 heavy (non-hydrogen) atoms. The number of carbonyl (C=O) groups is 2. The highest BCUT2D eigenvalue weighted by atomic mass is 35.5. The number of likely N-dealkylation sites (tertiary alicyclic amines) is 1. The third-order valence-electron chi connectivity index (χ3n) is 6.57. The van der Waals surface area contributed by atoms with Crippen molar-refractivity contribution < 1.29 is 28.2 Å². The van der Waals surface area contributed by atoms with Gasteiger partial charge in [0.15, 0.2) is 0 Å². The van der Waals surface area contributed by atoms with Gasteiger partial charge in [-0.05, 0) is 30.0 Å². The molecule has 3 rings (SSSR count). The summed E-state index contributed by atoms with van der Waals surface area (Å²) in [6.07, 6.45) is -2.43. The molecule has 0 saturated carbocycles. The molecule has 11 heteroatoms. The number of halogens is 4. The van der Waals surface area contributed by atoms with Crippen molar-refractivity contribution in [2.45, 2.75) is 51.2 Å². The van der Waals surface area contributed by atoms with Crippen molar-refractivity contribution in [3.63, 3.8) is 0 Å². The first-order chi connectivity index (χ1) is 17.7. The van der Waals surface area contributed by atoms with E-state index < -0.39 is 60.1 Å². The molecule has 7 nitrogen and oxygen atoms in total. The maximum Gasteiger partial charge on any atom is 0.410 e. The van der Waals surface area contributed by atoms with Crippen LogP contribution in [0.2, 0.25) is 10.0 Å². The molecule has 3 N–H and O–H groups in total. The second kappa shape index (κ2) is 11.4. The molecule has 0 bridgehead atoms. The first-order valence-electron chi connectivity index (χ1n) is 11.9. The van der Waals surface area contributed by atoms with Crippen molar-refractivity contribution in [2.75, 3.05) is 13.2 Å². The van der Waals surface area contributed by atoms with Gasteiger partial charge in [-0.15, -0.1) is 0 Å². The molecule has 0 spiro atoms. The summed E-state index contributed by atoms with van der Waals surface area (Å²) in [7, 11) is 0. The molecular formula is C27H29Cl2F2N3O4. The molecule has 1 aliphatic rings. The Kier molecular flexibility index (Phi) is 8.92. The molecule has 1 saturated heterocycles. The Morgan fingerprint density at radius 2 is 1.97 bits per heavy atom.